The zero-order chi connectivity index (χ0) is 26.9. The number of hydrogen-bond acceptors (Lipinski definition) is 5. The molecule has 0 saturated heterocycles. The number of para-hydroxylation sites is 1. The Kier molecular flexibility index (Phi) is 8.68. The van der Waals surface area contributed by atoms with Gasteiger partial charge in [-0.1, -0.05) is 24.3 Å². The van der Waals surface area contributed by atoms with E-state index in [1.165, 1.54) is 24.0 Å². The molecule has 0 unspecified atom stereocenters. The number of benzene rings is 2. The predicted octanol–water partition coefficient (Wildman–Crippen LogP) is 6.36. The van der Waals surface area contributed by atoms with Crippen LogP contribution >= 0.6 is 0 Å². The monoisotopic (exact) mass is 519 g/mol. The first-order valence-corrected chi connectivity index (χ1v) is 13.7. The van der Waals surface area contributed by atoms with Crippen molar-refractivity contribution in [1.29, 1.82) is 0 Å². The maximum absolute atomic E-state index is 4.62. The third-order valence-corrected chi connectivity index (χ3v) is 6.96. The van der Waals surface area contributed by atoms with Crippen molar-refractivity contribution in [2.24, 2.45) is 15.3 Å². The Morgan fingerprint density at radius 1 is 0.795 bits per heavy atom. The molecule has 0 aliphatic carbocycles. The number of unbranched alkanes of at least 4 members (excludes halogenated alkanes) is 3. The highest BCUT2D eigenvalue weighted by molar-refractivity contribution is 5.83. The highest BCUT2D eigenvalue weighted by Crippen LogP contribution is 2.22. The summed E-state index contributed by atoms with van der Waals surface area (Å²) < 4.78 is 4.51. The Balaban J connectivity index is 1.07. The van der Waals surface area contributed by atoms with Gasteiger partial charge in [0.1, 0.15) is 12.2 Å². The molecule has 0 bridgehead atoms. The number of fused-ring (bicyclic) bond motifs is 1. The van der Waals surface area contributed by atoms with E-state index in [2.05, 4.69) is 101 Å². The number of anilines is 2. The highest BCUT2D eigenvalue weighted by Gasteiger charge is 2.17. The molecule has 1 aliphatic heterocycles. The summed E-state index contributed by atoms with van der Waals surface area (Å²) in [6.07, 6.45) is 13.2. The molecule has 2 aromatic heterocycles. The number of nitrogens with zero attached hydrogens (tertiary/aromatic N) is 7. The van der Waals surface area contributed by atoms with E-state index in [0.29, 0.717) is 0 Å². The van der Waals surface area contributed by atoms with Crippen LogP contribution in [0.25, 0.3) is 0 Å². The largest absolute Gasteiger partial charge is 0.378 e. The first kappa shape index (κ1) is 26.2. The lowest BCUT2D eigenvalue weighted by Crippen LogP contribution is -2.35. The molecular weight excluding hydrogens is 482 g/mol. The van der Waals surface area contributed by atoms with Crippen LogP contribution in [0.4, 0.5) is 22.9 Å². The van der Waals surface area contributed by atoms with Crippen LogP contribution < -0.4 is 19.0 Å². The lowest BCUT2D eigenvalue weighted by molar-refractivity contribution is -0.698. The molecule has 0 atom stereocenters. The minimum Gasteiger partial charge on any atom is -0.378 e. The quantitative estimate of drug-likeness (QED) is 0.132. The fourth-order valence-corrected chi connectivity index (χ4v) is 4.69. The van der Waals surface area contributed by atoms with Gasteiger partial charge in [-0.3, -0.25) is 5.01 Å². The van der Waals surface area contributed by atoms with Crippen molar-refractivity contribution in [3.63, 3.8) is 0 Å². The molecule has 0 fully saturated rings. The number of aryl methyl sites for hydroxylation is 2. The average Bonchev–Trinajstić information content (AvgIpc) is 2.98. The van der Waals surface area contributed by atoms with E-state index < -0.39 is 0 Å². The van der Waals surface area contributed by atoms with Crippen LogP contribution in [0.5, 0.6) is 0 Å². The van der Waals surface area contributed by atoms with Gasteiger partial charge in [-0.2, -0.15) is 5.10 Å². The zero-order valence-corrected chi connectivity index (χ0v) is 22.9. The van der Waals surface area contributed by atoms with Crippen molar-refractivity contribution < 1.29 is 9.13 Å². The van der Waals surface area contributed by atoms with Gasteiger partial charge in [0, 0.05) is 49.5 Å². The Bertz CT molecular complexity index is 1410. The Morgan fingerprint density at radius 2 is 1.56 bits per heavy atom. The molecule has 0 N–H and O–H groups in total. The molecule has 3 heterocycles. The molecule has 1 aliphatic rings. The van der Waals surface area contributed by atoms with Gasteiger partial charge in [0.15, 0.2) is 12.4 Å². The van der Waals surface area contributed by atoms with E-state index in [-0.39, 0.29) is 0 Å². The summed E-state index contributed by atoms with van der Waals surface area (Å²) in [5.74, 6) is 0.881. The molecule has 5 rings (SSSR count). The molecule has 4 aromatic rings. The van der Waals surface area contributed by atoms with Crippen LogP contribution in [-0.4, -0.2) is 20.3 Å². The number of hydrazone groups is 1. The number of rotatable bonds is 11. The fourth-order valence-electron chi connectivity index (χ4n) is 4.69. The highest BCUT2D eigenvalue weighted by atomic mass is 15.5. The van der Waals surface area contributed by atoms with Crippen LogP contribution in [-0.2, 0) is 19.6 Å². The Hall–Kier alpha value is -4.39. The number of azo groups is 1. The molecular formula is C32H37N7+2. The van der Waals surface area contributed by atoms with Gasteiger partial charge >= 0.3 is 5.82 Å². The van der Waals surface area contributed by atoms with E-state index in [1.54, 1.807) is 0 Å². The van der Waals surface area contributed by atoms with Gasteiger partial charge in [-0.15, -0.1) is 0 Å². The number of hydrogen-bond donors (Lipinski definition) is 0. The van der Waals surface area contributed by atoms with Crippen molar-refractivity contribution in [2.75, 3.05) is 24.0 Å². The van der Waals surface area contributed by atoms with Crippen LogP contribution in [0.3, 0.4) is 0 Å². The first-order chi connectivity index (χ1) is 19.2. The summed E-state index contributed by atoms with van der Waals surface area (Å²) in [7, 11) is 4.07. The first-order valence-electron chi connectivity index (χ1n) is 13.7. The fraction of sp³-hybridized carbons (Fsp3) is 0.281. The summed E-state index contributed by atoms with van der Waals surface area (Å²) in [5, 5.41) is 15.7. The van der Waals surface area contributed by atoms with Crippen LogP contribution in [0.2, 0.25) is 0 Å². The van der Waals surface area contributed by atoms with E-state index >= 15 is 0 Å². The standard InChI is InChI=1S/C32H37N7/c1-36(2)30-17-15-29(16-18-30)34-35-32-14-8-11-22-38(32)21-10-4-3-9-20-37-23-19-27-24-33-39(26-28(27)25-37)31-12-6-5-7-13-31/h5-8,11-19,22-25H,3-4,9-10,20-21,26H2,1-2H3/q+2. The normalized spacial score (nSPS) is 12.6. The molecule has 0 saturated carbocycles. The van der Waals surface area contributed by atoms with Gasteiger partial charge in [0.05, 0.1) is 36.3 Å². The predicted molar refractivity (Wildman–Crippen MR) is 157 cm³/mol. The van der Waals surface area contributed by atoms with Crippen LogP contribution in [0, 0.1) is 0 Å². The molecule has 7 heteroatoms. The summed E-state index contributed by atoms with van der Waals surface area (Å²) in [4.78, 5) is 2.08. The molecule has 0 radical (unpaired) electrons. The lowest BCUT2D eigenvalue weighted by Gasteiger charge is -2.22. The number of pyridine rings is 2. The summed E-state index contributed by atoms with van der Waals surface area (Å²) >= 11 is 0. The molecule has 7 nitrogen and oxygen atoms in total. The lowest BCUT2D eigenvalue weighted by atomic mass is 10.1. The third kappa shape index (κ3) is 7.13. The van der Waals surface area contributed by atoms with E-state index in [0.717, 1.165) is 55.4 Å². The summed E-state index contributed by atoms with van der Waals surface area (Å²) in [6.45, 7) is 2.77. The number of aromatic nitrogens is 2. The van der Waals surface area contributed by atoms with Crippen molar-refractivity contribution >= 4 is 29.1 Å². The SMILES string of the molecule is CN(C)c1ccc(/N=N/c2cccc[n+]2CCCCCC[n+]2ccc3c(c2)CN(c2ccccc2)N=C3)cc1. The second-order valence-corrected chi connectivity index (χ2v) is 10.1. The molecule has 2 aromatic carbocycles. The maximum Gasteiger partial charge on any atom is 0.350 e. The van der Waals surface area contributed by atoms with Crippen molar-refractivity contribution in [3.05, 3.63) is 109 Å². The second-order valence-electron chi connectivity index (χ2n) is 10.1. The van der Waals surface area contributed by atoms with Crippen molar-refractivity contribution in [3.8, 4) is 0 Å². The summed E-state index contributed by atoms with van der Waals surface area (Å²) in [6, 6.07) is 26.7. The van der Waals surface area contributed by atoms with Gasteiger partial charge in [-0.05, 0) is 66.8 Å². The molecule has 0 amide bonds. The van der Waals surface area contributed by atoms with Crippen LogP contribution in [0.15, 0.2) is 113 Å². The topological polar surface area (TPSA) is 51.3 Å². The van der Waals surface area contributed by atoms with Crippen LogP contribution in [0.1, 0.15) is 36.8 Å². The van der Waals surface area contributed by atoms with Gasteiger partial charge in [0.2, 0.25) is 0 Å². The van der Waals surface area contributed by atoms with Gasteiger partial charge < -0.3 is 4.90 Å². The van der Waals surface area contributed by atoms with Gasteiger partial charge in [0.25, 0.3) is 0 Å². The minimum atomic E-state index is 0.798. The molecule has 0 spiro atoms. The maximum atomic E-state index is 4.62. The Labute approximate surface area is 231 Å². The zero-order valence-electron chi connectivity index (χ0n) is 22.9. The van der Waals surface area contributed by atoms with E-state index in [1.807, 2.05) is 50.6 Å². The van der Waals surface area contributed by atoms with Crippen molar-refractivity contribution in [1.82, 2.24) is 0 Å². The Morgan fingerprint density at radius 3 is 2.36 bits per heavy atom. The van der Waals surface area contributed by atoms with E-state index in [4.69, 9.17) is 0 Å². The molecule has 39 heavy (non-hydrogen) atoms. The van der Waals surface area contributed by atoms with Gasteiger partial charge in [-0.25, -0.2) is 9.13 Å². The average molecular weight is 520 g/mol. The minimum absolute atomic E-state index is 0.798. The van der Waals surface area contributed by atoms with E-state index in [9.17, 15) is 0 Å². The molecule has 198 valence electrons. The second kappa shape index (κ2) is 12.9. The summed E-state index contributed by atoms with van der Waals surface area (Å²) in [5.41, 5.74) is 5.65. The third-order valence-electron chi connectivity index (χ3n) is 6.96. The smallest absolute Gasteiger partial charge is 0.350 e. The van der Waals surface area contributed by atoms with Crippen molar-refractivity contribution in [2.45, 2.75) is 45.3 Å².